The fourth-order valence-corrected chi connectivity index (χ4v) is 0.351. The maximum absolute atomic E-state index is 11.9. The lowest BCUT2D eigenvalue weighted by molar-refractivity contribution is 0.0162. The molecule has 0 amide bonds. The number of halogens is 6. The molecule has 0 heterocycles. The van der Waals surface area contributed by atoms with E-state index in [9.17, 15) is 26.3 Å². The van der Waals surface area contributed by atoms with Crippen molar-refractivity contribution < 1.29 is 26.3 Å². The molecule has 2 unspecified atom stereocenters. The minimum Gasteiger partial charge on any atom is -0.239 e. The Morgan fingerprint density at radius 3 is 1.73 bits per heavy atom. The highest BCUT2D eigenvalue weighted by atomic mass is 19.3. The van der Waals surface area contributed by atoms with Crippen LogP contribution in [0.1, 0.15) is 0 Å². The third kappa shape index (κ3) is 3.90. The maximum Gasteiger partial charge on any atom is 0.272 e. The molecule has 0 N–H and O–H groups in total. The molecule has 0 aliphatic rings. The van der Waals surface area contributed by atoms with Gasteiger partial charge in [0.15, 0.2) is 12.3 Å². The second-order valence-electron chi connectivity index (χ2n) is 1.68. The van der Waals surface area contributed by atoms with Crippen LogP contribution in [-0.4, -0.2) is 18.8 Å². The second kappa shape index (κ2) is 4.25. The minimum absolute atomic E-state index is 0.489. The monoisotopic (exact) mass is 178 g/mol. The Balaban J connectivity index is 4.03. The van der Waals surface area contributed by atoms with E-state index in [4.69, 9.17) is 0 Å². The topological polar surface area (TPSA) is 0 Å². The predicted octanol–water partition coefficient (Wildman–Crippen LogP) is 2.71. The highest BCUT2D eigenvalue weighted by Gasteiger charge is 2.28. The van der Waals surface area contributed by atoms with Gasteiger partial charge >= 0.3 is 0 Å². The first-order chi connectivity index (χ1) is 4.95. The highest BCUT2D eigenvalue weighted by molar-refractivity contribution is 4.93. The first kappa shape index (κ1) is 10.3. The first-order valence-electron chi connectivity index (χ1n) is 2.54. The van der Waals surface area contributed by atoms with Crippen LogP contribution in [0.15, 0.2) is 12.2 Å². The molecule has 0 aromatic heterocycles. The zero-order chi connectivity index (χ0) is 9.02. The molecule has 0 nitrogen and oxygen atoms in total. The molecule has 66 valence electrons. The van der Waals surface area contributed by atoms with Crippen molar-refractivity contribution in [1.82, 2.24) is 0 Å². The largest absolute Gasteiger partial charge is 0.272 e. The van der Waals surface area contributed by atoms with Crippen molar-refractivity contribution in [3.63, 3.8) is 0 Å². The van der Waals surface area contributed by atoms with E-state index in [2.05, 4.69) is 0 Å². The summed E-state index contributed by atoms with van der Waals surface area (Å²) in [5.74, 6) is 0. The number of hydrogen-bond donors (Lipinski definition) is 0. The molecule has 0 fully saturated rings. The number of hydrogen-bond acceptors (Lipinski definition) is 0. The molecule has 0 radical (unpaired) electrons. The molecule has 6 heteroatoms. The van der Waals surface area contributed by atoms with Gasteiger partial charge in [0.2, 0.25) is 0 Å². The van der Waals surface area contributed by atoms with E-state index in [0.29, 0.717) is 0 Å². The summed E-state index contributed by atoms with van der Waals surface area (Å²) in [6.45, 7) is 0. The van der Waals surface area contributed by atoms with E-state index in [1.54, 1.807) is 0 Å². The molecular weight excluding hydrogens is 174 g/mol. The molecule has 0 saturated carbocycles. The van der Waals surface area contributed by atoms with Crippen LogP contribution in [0.25, 0.3) is 0 Å². The summed E-state index contributed by atoms with van der Waals surface area (Å²) < 4.78 is 68.4. The van der Waals surface area contributed by atoms with Crippen LogP contribution in [0.4, 0.5) is 26.3 Å². The first-order valence-corrected chi connectivity index (χ1v) is 2.54. The van der Waals surface area contributed by atoms with Gasteiger partial charge in [-0.05, 0) is 0 Å². The van der Waals surface area contributed by atoms with Gasteiger partial charge in [-0.3, -0.25) is 0 Å². The van der Waals surface area contributed by atoms with Crippen molar-refractivity contribution in [1.29, 1.82) is 0 Å². The molecule has 2 atom stereocenters. The van der Waals surface area contributed by atoms with Crippen molar-refractivity contribution >= 4 is 0 Å². The van der Waals surface area contributed by atoms with E-state index in [-0.39, 0.29) is 0 Å². The average Bonchev–Trinajstić information content (AvgIpc) is 1.84. The zero-order valence-electron chi connectivity index (χ0n) is 5.08. The third-order valence-electron chi connectivity index (χ3n) is 0.830. The number of alkyl halides is 4. The second-order valence-corrected chi connectivity index (χ2v) is 1.68. The standard InChI is InChI=1S/C5H4F6/c6-2(1-3(7)8)4(9)5(10)11/h1-2,4-5H. The number of allylic oxidation sites excluding steroid dienone is 1. The Kier molecular flexibility index (Phi) is 3.99. The van der Waals surface area contributed by atoms with Gasteiger partial charge in [0.05, 0.1) is 0 Å². The fourth-order valence-electron chi connectivity index (χ4n) is 0.351. The van der Waals surface area contributed by atoms with Crippen molar-refractivity contribution in [2.24, 2.45) is 0 Å². The summed E-state index contributed by atoms with van der Waals surface area (Å²) >= 11 is 0. The lowest BCUT2D eigenvalue weighted by Gasteiger charge is -2.06. The van der Waals surface area contributed by atoms with E-state index in [0.717, 1.165) is 0 Å². The van der Waals surface area contributed by atoms with Crippen LogP contribution in [0.3, 0.4) is 0 Å². The Bertz CT molecular complexity index is 138. The van der Waals surface area contributed by atoms with Crippen molar-refractivity contribution in [2.45, 2.75) is 18.8 Å². The van der Waals surface area contributed by atoms with E-state index < -0.39 is 30.9 Å². The van der Waals surface area contributed by atoms with Crippen LogP contribution in [-0.2, 0) is 0 Å². The summed E-state index contributed by atoms with van der Waals surface area (Å²) in [7, 11) is 0. The Hall–Kier alpha value is -0.680. The predicted molar refractivity (Wildman–Crippen MR) is 26.1 cm³/mol. The van der Waals surface area contributed by atoms with Crippen LogP contribution in [0, 0.1) is 0 Å². The quantitative estimate of drug-likeness (QED) is 0.583. The fraction of sp³-hybridized carbons (Fsp3) is 0.600. The number of rotatable bonds is 3. The Morgan fingerprint density at radius 2 is 1.45 bits per heavy atom. The van der Waals surface area contributed by atoms with Crippen LogP contribution < -0.4 is 0 Å². The van der Waals surface area contributed by atoms with Crippen LogP contribution >= 0.6 is 0 Å². The summed E-state index contributed by atoms with van der Waals surface area (Å²) in [5, 5.41) is 0. The Morgan fingerprint density at radius 1 is 1.00 bits per heavy atom. The SMILES string of the molecule is FC(F)=CC(F)C(F)C(F)F. The van der Waals surface area contributed by atoms with Gasteiger partial charge in [0.1, 0.15) is 0 Å². The molecule has 11 heavy (non-hydrogen) atoms. The molecule has 0 saturated heterocycles. The van der Waals surface area contributed by atoms with E-state index in [1.165, 1.54) is 0 Å². The van der Waals surface area contributed by atoms with Crippen molar-refractivity contribution in [2.75, 3.05) is 0 Å². The average molecular weight is 178 g/mol. The van der Waals surface area contributed by atoms with Crippen LogP contribution in [0.5, 0.6) is 0 Å². The van der Waals surface area contributed by atoms with Gasteiger partial charge in [-0.1, -0.05) is 0 Å². The van der Waals surface area contributed by atoms with Gasteiger partial charge in [0.25, 0.3) is 12.5 Å². The highest BCUT2D eigenvalue weighted by Crippen LogP contribution is 2.16. The van der Waals surface area contributed by atoms with Gasteiger partial charge in [-0.15, -0.1) is 0 Å². The van der Waals surface area contributed by atoms with E-state index >= 15 is 0 Å². The van der Waals surface area contributed by atoms with Crippen molar-refractivity contribution in [3.8, 4) is 0 Å². The lowest BCUT2D eigenvalue weighted by atomic mass is 10.2. The van der Waals surface area contributed by atoms with Gasteiger partial charge in [-0.25, -0.2) is 17.6 Å². The smallest absolute Gasteiger partial charge is 0.239 e. The summed E-state index contributed by atoms with van der Waals surface area (Å²) in [5.41, 5.74) is 0. The maximum atomic E-state index is 11.9. The van der Waals surface area contributed by atoms with Gasteiger partial charge in [-0.2, -0.15) is 8.78 Å². The molecule has 0 aromatic rings. The molecular formula is C5H4F6. The summed E-state index contributed by atoms with van der Waals surface area (Å²) in [6.07, 6.45) is -12.7. The summed E-state index contributed by atoms with van der Waals surface area (Å²) in [6, 6.07) is 0. The van der Waals surface area contributed by atoms with Gasteiger partial charge < -0.3 is 0 Å². The molecule has 0 aliphatic carbocycles. The Labute approximate surface area is 58.5 Å². The van der Waals surface area contributed by atoms with Gasteiger partial charge in [0, 0.05) is 6.08 Å². The van der Waals surface area contributed by atoms with E-state index in [1.807, 2.05) is 0 Å². The minimum atomic E-state index is -3.58. The molecule has 0 aliphatic heterocycles. The molecule has 0 rings (SSSR count). The molecule has 0 spiro atoms. The zero-order valence-corrected chi connectivity index (χ0v) is 5.08. The third-order valence-corrected chi connectivity index (χ3v) is 0.830. The normalized spacial score (nSPS) is 16.3. The summed E-state index contributed by atoms with van der Waals surface area (Å²) in [4.78, 5) is 0. The molecule has 0 aromatic carbocycles. The molecule has 0 bridgehead atoms. The van der Waals surface area contributed by atoms with Crippen molar-refractivity contribution in [3.05, 3.63) is 12.2 Å². The lowest BCUT2D eigenvalue weighted by Crippen LogP contribution is -2.23. The van der Waals surface area contributed by atoms with Crippen LogP contribution in [0.2, 0.25) is 0 Å².